The number of carbonyl (C=O) groups excluding carboxylic acids is 2. The van der Waals surface area contributed by atoms with Crippen molar-refractivity contribution in [1.82, 2.24) is 9.80 Å². The van der Waals surface area contributed by atoms with Gasteiger partial charge in [-0.05, 0) is 84.3 Å². The lowest BCUT2D eigenvalue weighted by atomic mass is 10.1. The summed E-state index contributed by atoms with van der Waals surface area (Å²) in [5.74, 6) is 2.45. The van der Waals surface area contributed by atoms with Crippen LogP contribution in [0, 0.1) is 11.8 Å². The molecule has 4 rings (SSSR count). The van der Waals surface area contributed by atoms with Crippen LogP contribution < -0.4 is 9.47 Å². The Morgan fingerprint density at radius 2 is 0.870 bits per heavy atom. The largest absolute Gasteiger partial charge is 0.494 e. The van der Waals surface area contributed by atoms with Crippen molar-refractivity contribution in [3.63, 3.8) is 0 Å². The van der Waals surface area contributed by atoms with Crippen LogP contribution in [0.3, 0.4) is 0 Å². The van der Waals surface area contributed by atoms with Crippen molar-refractivity contribution in [2.45, 2.75) is 53.6 Å². The van der Waals surface area contributed by atoms with Crippen LogP contribution in [-0.2, 0) is 13.1 Å². The lowest BCUT2D eigenvalue weighted by Gasteiger charge is -2.29. The van der Waals surface area contributed by atoms with E-state index in [1.807, 2.05) is 119 Å². The lowest BCUT2D eigenvalue weighted by molar-refractivity contribution is 0.0644. The monoisotopic (exact) mass is 620 g/mol. The van der Waals surface area contributed by atoms with Crippen LogP contribution in [0.5, 0.6) is 11.5 Å². The van der Waals surface area contributed by atoms with Gasteiger partial charge in [0.2, 0.25) is 0 Å². The fourth-order valence-electron chi connectivity index (χ4n) is 4.93. The summed E-state index contributed by atoms with van der Waals surface area (Å²) in [6, 6.07) is 34.6. The Labute approximate surface area is 275 Å². The molecule has 0 aromatic heterocycles. The average Bonchev–Trinajstić information content (AvgIpc) is 3.06. The van der Waals surface area contributed by atoms with E-state index in [1.54, 1.807) is 0 Å². The molecule has 0 bridgehead atoms. The number of nitrogens with zero attached hydrogens (tertiary/aromatic N) is 2. The smallest absolute Gasteiger partial charge is 0.254 e. The molecule has 0 radical (unpaired) electrons. The van der Waals surface area contributed by atoms with Gasteiger partial charge >= 0.3 is 0 Å². The molecule has 46 heavy (non-hydrogen) atoms. The van der Waals surface area contributed by atoms with Gasteiger partial charge in [-0.25, -0.2) is 0 Å². The highest BCUT2D eigenvalue weighted by atomic mass is 16.5. The van der Waals surface area contributed by atoms with Gasteiger partial charge in [0.15, 0.2) is 0 Å². The molecule has 0 saturated carbocycles. The molecule has 0 aliphatic carbocycles. The summed E-state index contributed by atoms with van der Waals surface area (Å²) in [6.07, 6.45) is 1.94. The van der Waals surface area contributed by atoms with Gasteiger partial charge in [-0.15, -0.1) is 0 Å². The maximum absolute atomic E-state index is 13.9. The van der Waals surface area contributed by atoms with Crippen LogP contribution in [0.4, 0.5) is 0 Å². The number of carbonyl (C=O) groups is 2. The number of ether oxygens (including phenoxy) is 2. The molecule has 6 heteroatoms. The standard InChI is InChI=1S/C40H48N2O4/c1-31(2)23-27-45-37-19-15-35(16-20-37)39(43)41(29-33-11-7-5-8-12-33)25-26-42(30-34-13-9-6-10-14-34)40(44)36-17-21-38(22-18-36)46-28-24-32(3)4/h5-22,31-32H,23-30H2,1-4H3. The minimum atomic E-state index is -0.0902. The number of amides is 2. The second-order valence-electron chi connectivity index (χ2n) is 12.5. The van der Waals surface area contributed by atoms with Crippen molar-refractivity contribution < 1.29 is 19.1 Å². The van der Waals surface area contributed by atoms with Crippen LogP contribution in [0.2, 0.25) is 0 Å². The van der Waals surface area contributed by atoms with E-state index in [-0.39, 0.29) is 11.8 Å². The normalized spacial score (nSPS) is 11.0. The number of hydrogen-bond acceptors (Lipinski definition) is 4. The molecule has 0 spiro atoms. The maximum atomic E-state index is 13.9. The zero-order chi connectivity index (χ0) is 32.7. The highest BCUT2D eigenvalue weighted by Crippen LogP contribution is 2.19. The van der Waals surface area contributed by atoms with Crippen LogP contribution in [-0.4, -0.2) is 47.9 Å². The van der Waals surface area contributed by atoms with E-state index in [9.17, 15) is 9.59 Å². The van der Waals surface area contributed by atoms with Crippen LogP contribution in [0.25, 0.3) is 0 Å². The number of rotatable bonds is 17. The predicted molar refractivity (Wildman–Crippen MR) is 185 cm³/mol. The third-order valence-electron chi connectivity index (χ3n) is 7.78. The van der Waals surface area contributed by atoms with E-state index in [4.69, 9.17) is 9.47 Å². The van der Waals surface area contributed by atoms with Gasteiger partial charge in [0.25, 0.3) is 11.8 Å². The van der Waals surface area contributed by atoms with Crippen molar-refractivity contribution in [3.05, 3.63) is 131 Å². The van der Waals surface area contributed by atoms with Crippen molar-refractivity contribution >= 4 is 11.8 Å². The summed E-state index contributed by atoms with van der Waals surface area (Å²) in [5, 5.41) is 0. The molecule has 0 saturated heterocycles. The van der Waals surface area contributed by atoms with E-state index in [2.05, 4.69) is 27.7 Å². The van der Waals surface area contributed by atoms with E-state index in [0.29, 0.717) is 62.4 Å². The Morgan fingerprint density at radius 1 is 0.522 bits per heavy atom. The molecule has 6 nitrogen and oxygen atoms in total. The quantitative estimate of drug-likeness (QED) is 0.119. The number of benzene rings is 4. The fraction of sp³-hybridized carbons (Fsp3) is 0.350. The highest BCUT2D eigenvalue weighted by Gasteiger charge is 2.21. The average molecular weight is 621 g/mol. The Balaban J connectivity index is 1.51. The van der Waals surface area contributed by atoms with E-state index in [1.165, 1.54) is 0 Å². The first-order valence-corrected chi connectivity index (χ1v) is 16.4. The Morgan fingerprint density at radius 3 is 1.20 bits per heavy atom. The van der Waals surface area contributed by atoms with Gasteiger partial charge in [0.05, 0.1) is 13.2 Å². The molecule has 0 heterocycles. The third kappa shape index (κ3) is 11.1. The molecule has 2 amide bonds. The zero-order valence-electron chi connectivity index (χ0n) is 27.7. The summed E-state index contributed by atoms with van der Waals surface area (Å²) in [7, 11) is 0. The Hall–Kier alpha value is -4.58. The van der Waals surface area contributed by atoms with Gasteiger partial charge in [0, 0.05) is 37.3 Å². The molecule has 0 aliphatic heterocycles. The summed E-state index contributed by atoms with van der Waals surface area (Å²) < 4.78 is 11.7. The van der Waals surface area contributed by atoms with Gasteiger partial charge in [-0.2, -0.15) is 0 Å². The van der Waals surface area contributed by atoms with Crippen molar-refractivity contribution in [1.29, 1.82) is 0 Å². The first-order valence-electron chi connectivity index (χ1n) is 16.4. The molecule has 4 aromatic carbocycles. The maximum Gasteiger partial charge on any atom is 0.254 e. The molecule has 0 unspecified atom stereocenters. The Bertz CT molecular complexity index is 1350. The third-order valence-corrected chi connectivity index (χ3v) is 7.78. The second kappa shape index (κ2) is 17.8. The molecule has 0 fully saturated rings. The van der Waals surface area contributed by atoms with Crippen LogP contribution in [0.15, 0.2) is 109 Å². The SMILES string of the molecule is CC(C)CCOc1ccc(C(=O)N(CCN(Cc2ccccc2)C(=O)c2ccc(OCCC(C)C)cc2)Cc2ccccc2)cc1. The van der Waals surface area contributed by atoms with Gasteiger partial charge < -0.3 is 19.3 Å². The summed E-state index contributed by atoms with van der Waals surface area (Å²) in [5.41, 5.74) is 3.22. The second-order valence-corrected chi connectivity index (χ2v) is 12.5. The molecule has 4 aromatic rings. The first-order chi connectivity index (χ1) is 22.3. The molecule has 0 N–H and O–H groups in total. The summed E-state index contributed by atoms with van der Waals surface area (Å²) in [6.45, 7) is 11.6. The van der Waals surface area contributed by atoms with Gasteiger partial charge in [0.1, 0.15) is 11.5 Å². The van der Waals surface area contributed by atoms with Gasteiger partial charge in [-0.3, -0.25) is 9.59 Å². The molecule has 242 valence electrons. The minimum Gasteiger partial charge on any atom is -0.494 e. The number of hydrogen-bond donors (Lipinski definition) is 0. The highest BCUT2D eigenvalue weighted by molar-refractivity contribution is 5.95. The topological polar surface area (TPSA) is 59.1 Å². The van der Waals surface area contributed by atoms with Crippen molar-refractivity contribution in [2.24, 2.45) is 11.8 Å². The zero-order valence-corrected chi connectivity index (χ0v) is 27.7. The van der Waals surface area contributed by atoms with Crippen LogP contribution in [0.1, 0.15) is 72.4 Å². The van der Waals surface area contributed by atoms with Crippen molar-refractivity contribution in [2.75, 3.05) is 26.3 Å². The summed E-state index contributed by atoms with van der Waals surface area (Å²) in [4.78, 5) is 31.5. The van der Waals surface area contributed by atoms with E-state index in [0.717, 1.165) is 35.5 Å². The minimum absolute atomic E-state index is 0.0902. The summed E-state index contributed by atoms with van der Waals surface area (Å²) >= 11 is 0. The van der Waals surface area contributed by atoms with Gasteiger partial charge in [-0.1, -0.05) is 88.4 Å². The first kappa shape index (κ1) is 34.3. The lowest BCUT2D eigenvalue weighted by Crippen LogP contribution is -2.40. The molecular weight excluding hydrogens is 572 g/mol. The van der Waals surface area contributed by atoms with Crippen molar-refractivity contribution in [3.8, 4) is 11.5 Å². The molecule has 0 aliphatic rings. The molecule has 0 atom stereocenters. The predicted octanol–water partition coefficient (Wildman–Crippen LogP) is 8.52. The Kier molecular flexibility index (Phi) is 13.3. The molecular formula is C40H48N2O4. The fourth-order valence-corrected chi connectivity index (χ4v) is 4.93. The van der Waals surface area contributed by atoms with E-state index >= 15 is 0 Å². The van der Waals surface area contributed by atoms with E-state index < -0.39 is 0 Å². The van der Waals surface area contributed by atoms with Crippen LogP contribution >= 0.6 is 0 Å².